The van der Waals surface area contributed by atoms with E-state index >= 15 is 0 Å². The standard InChI is InChI=1S/C13H26N2O4/c1-10(2)11(4-5-12(17)18)6-7-14-13(19)15(3)8-9-16/h10-11,16H,4-9H2,1-3H3,(H,14,19)(H,17,18). The zero-order valence-electron chi connectivity index (χ0n) is 12.1. The normalized spacial score (nSPS) is 12.3. The largest absolute Gasteiger partial charge is 0.481 e. The molecule has 0 saturated heterocycles. The second-order valence-electron chi connectivity index (χ2n) is 5.10. The lowest BCUT2D eigenvalue weighted by Gasteiger charge is -2.21. The maximum Gasteiger partial charge on any atom is 0.317 e. The summed E-state index contributed by atoms with van der Waals surface area (Å²) in [5.41, 5.74) is 0. The molecular formula is C13H26N2O4. The van der Waals surface area contributed by atoms with E-state index in [4.69, 9.17) is 10.2 Å². The highest BCUT2D eigenvalue weighted by Crippen LogP contribution is 2.20. The van der Waals surface area contributed by atoms with Gasteiger partial charge >= 0.3 is 12.0 Å². The van der Waals surface area contributed by atoms with Gasteiger partial charge in [0.2, 0.25) is 0 Å². The first kappa shape index (κ1) is 17.7. The number of nitrogens with zero attached hydrogens (tertiary/aromatic N) is 1. The van der Waals surface area contributed by atoms with Crippen molar-refractivity contribution < 1.29 is 19.8 Å². The van der Waals surface area contributed by atoms with E-state index in [0.29, 0.717) is 31.3 Å². The molecule has 6 nitrogen and oxygen atoms in total. The number of carbonyl (C=O) groups is 2. The summed E-state index contributed by atoms with van der Waals surface area (Å²) in [5, 5.41) is 20.2. The van der Waals surface area contributed by atoms with Crippen LogP contribution in [0.4, 0.5) is 4.79 Å². The predicted octanol–water partition coefficient (Wildman–Crippen LogP) is 1.15. The lowest BCUT2D eigenvalue weighted by atomic mass is 9.88. The Kier molecular flexibility index (Phi) is 8.95. The number of hydrogen-bond acceptors (Lipinski definition) is 3. The second-order valence-corrected chi connectivity index (χ2v) is 5.10. The van der Waals surface area contributed by atoms with Crippen LogP contribution in [0.15, 0.2) is 0 Å². The molecule has 0 aromatic rings. The summed E-state index contributed by atoms with van der Waals surface area (Å²) < 4.78 is 0. The summed E-state index contributed by atoms with van der Waals surface area (Å²) in [4.78, 5) is 23.5. The number of urea groups is 1. The number of aliphatic carboxylic acids is 1. The topological polar surface area (TPSA) is 89.9 Å². The van der Waals surface area contributed by atoms with Crippen molar-refractivity contribution in [2.75, 3.05) is 26.7 Å². The van der Waals surface area contributed by atoms with Crippen molar-refractivity contribution in [2.24, 2.45) is 11.8 Å². The van der Waals surface area contributed by atoms with E-state index in [1.165, 1.54) is 4.90 Å². The molecule has 0 heterocycles. The van der Waals surface area contributed by atoms with Crippen LogP contribution in [0.3, 0.4) is 0 Å². The van der Waals surface area contributed by atoms with Crippen LogP contribution in [0.5, 0.6) is 0 Å². The van der Waals surface area contributed by atoms with Gasteiger partial charge in [0.1, 0.15) is 0 Å². The molecule has 0 aliphatic carbocycles. The first-order valence-corrected chi connectivity index (χ1v) is 6.70. The van der Waals surface area contributed by atoms with Crippen LogP contribution >= 0.6 is 0 Å². The molecule has 0 fully saturated rings. The maximum absolute atomic E-state index is 11.6. The minimum atomic E-state index is -0.780. The van der Waals surface area contributed by atoms with E-state index in [0.717, 1.165) is 6.42 Å². The van der Waals surface area contributed by atoms with Gasteiger partial charge in [-0.2, -0.15) is 0 Å². The molecule has 6 heteroatoms. The molecule has 2 amide bonds. The number of aliphatic hydroxyl groups excluding tert-OH is 1. The molecule has 0 bridgehead atoms. The molecular weight excluding hydrogens is 248 g/mol. The zero-order valence-corrected chi connectivity index (χ0v) is 12.1. The average Bonchev–Trinajstić information content (AvgIpc) is 2.32. The van der Waals surface area contributed by atoms with Crippen LogP contribution in [0.25, 0.3) is 0 Å². The number of nitrogens with one attached hydrogen (secondary N) is 1. The van der Waals surface area contributed by atoms with Gasteiger partial charge < -0.3 is 20.4 Å². The van der Waals surface area contributed by atoms with Crippen LogP contribution < -0.4 is 5.32 Å². The van der Waals surface area contributed by atoms with Gasteiger partial charge in [-0.05, 0) is 24.7 Å². The molecule has 0 rings (SSSR count). The van der Waals surface area contributed by atoms with Gasteiger partial charge in [-0.15, -0.1) is 0 Å². The SMILES string of the molecule is CC(C)C(CCNC(=O)N(C)CCO)CCC(=O)O. The van der Waals surface area contributed by atoms with Crippen LogP contribution in [0.2, 0.25) is 0 Å². The Balaban J connectivity index is 3.98. The Morgan fingerprint density at radius 2 is 1.89 bits per heavy atom. The van der Waals surface area contributed by atoms with E-state index < -0.39 is 5.97 Å². The van der Waals surface area contributed by atoms with Crippen molar-refractivity contribution >= 4 is 12.0 Å². The lowest BCUT2D eigenvalue weighted by molar-refractivity contribution is -0.137. The number of carboxylic acid groups (broad SMARTS) is 1. The van der Waals surface area contributed by atoms with Crippen molar-refractivity contribution in [1.82, 2.24) is 10.2 Å². The monoisotopic (exact) mass is 274 g/mol. The molecule has 112 valence electrons. The molecule has 0 aliphatic heterocycles. The van der Waals surface area contributed by atoms with Crippen LogP contribution in [-0.2, 0) is 4.79 Å². The highest BCUT2D eigenvalue weighted by atomic mass is 16.4. The molecule has 0 radical (unpaired) electrons. The van der Waals surface area contributed by atoms with E-state index in [1.807, 2.05) is 0 Å². The second kappa shape index (κ2) is 9.61. The van der Waals surface area contributed by atoms with Crippen LogP contribution in [0.1, 0.15) is 33.1 Å². The van der Waals surface area contributed by atoms with E-state index in [9.17, 15) is 9.59 Å². The Labute approximate surface area is 114 Å². The van der Waals surface area contributed by atoms with Crippen molar-refractivity contribution in [3.05, 3.63) is 0 Å². The molecule has 0 spiro atoms. The summed E-state index contributed by atoms with van der Waals surface area (Å²) in [6.45, 7) is 4.89. The van der Waals surface area contributed by atoms with Gasteiger partial charge in [0.15, 0.2) is 0 Å². The smallest absolute Gasteiger partial charge is 0.317 e. The molecule has 0 aromatic heterocycles. The number of hydrogen-bond donors (Lipinski definition) is 3. The first-order chi connectivity index (χ1) is 8.88. The minimum Gasteiger partial charge on any atom is -0.481 e. The average molecular weight is 274 g/mol. The third-order valence-electron chi connectivity index (χ3n) is 3.25. The van der Waals surface area contributed by atoms with Gasteiger partial charge in [-0.1, -0.05) is 13.8 Å². The first-order valence-electron chi connectivity index (χ1n) is 6.70. The highest BCUT2D eigenvalue weighted by molar-refractivity contribution is 5.73. The Morgan fingerprint density at radius 3 is 2.37 bits per heavy atom. The lowest BCUT2D eigenvalue weighted by Crippen LogP contribution is -2.39. The number of rotatable bonds is 9. The van der Waals surface area contributed by atoms with Crippen molar-refractivity contribution in [2.45, 2.75) is 33.1 Å². The van der Waals surface area contributed by atoms with Gasteiger partial charge in [-0.25, -0.2) is 4.79 Å². The third-order valence-corrected chi connectivity index (χ3v) is 3.25. The van der Waals surface area contributed by atoms with Crippen molar-refractivity contribution in [3.8, 4) is 0 Å². The van der Waals surface area contributed by atoms with Gasteiger partial charge in [0.25, 0.3) is 0 Å². The number of likely N-dealkylation sites (N-methyl/N-ethyl adjacent to an activating group) is 1. The minimum absolute atomic E-state index is 0.0584. The Morgan fingerprint density at radius 1 is 1.26 bits per heavy atom. The summed E-state index contributed by atoms with van der Waals surface area (Å²) in [7, 11) is 1.62. The van der Waals surface area contributed by atoms with Crippen LogP contribution in [0, 0.1) is 11.8 Å². The van der Waals surface area contributed by atoms with Gasteiger partial charge in [0.05, 0.1) is 6.61 Å². The fraction of sp³-hybridized carbons (Fsp3) is 0.846. The zero-order chi connectivity index (χ0) is 14.8. The van der Waals surface area contributed by atoms with Gasteiger partial charge in [0, 0.05) is 26.6 Å². The quantitative estimate of drug-likeness (QED) is 0.588. The predicted molar refractivity (Wildman–Crippen MR) is 72.9 cm³/mol. The summed E-state index contributed by atoms with van der Waals surface area (Å²) in [6, 6.07) is -0.213. The number of carbonyl (C=O) groups excluding carboxylic acids is 1. The fourth-order valence-corrected chi connectivity index (χ4v) is 1.87. The number of carboxylic acids is 1. The molecule has 19 heavy (non-hydrogen) atoms. The van der Waals surface area contributed by atoms with Crippen molar-refractivity contribution in [3.63, 3.8) is 0 Å². The van der Waals surface area contributed by atoms with E-state index in [-0.39, 0.29) is 19.1 Å². The number of aliphatic hydroxyl groups is 1. The van der Waals surface area contributed by atoms with Gasteiger partial charge in [-0.3, -0.25) is 4.79 Å². The maximum atomic E-state index is 11.6. The third kappa shape index (κ3) is 8.42. The van der Waals surface area contributed by atoms with E-state index in [2.05, 4.69) is 19.2 Å². The highest BCUT2D eigenvalue weighted by Gasteiger charge is 2.15. The molecule has 0 aromatic carbocycles. The molecule has 3 N–H and O–H groups in total. The summed E-state index contributed by atoms with van der Waals surface area (Å²) in [6.07, 6.45) is 1.57. The Bertz CT molecular complexity index is 282. The summed E-state index contributed by atoms with van der Waals surface area (Å²) in [5.74, 6) is -0.0941. The molecule has 1 atom stereocenters. The fourth-order valence-electron chi connectivity index (χ4n) is 1.87. The van der Waals surface area contributed by atoms with E-state index in [1.54, 1.807) is 7.05 Å². The molecule has 0 aliphatic rings. The summed E-state index contributed by atoms with van der Waals surface area (Å²) >= 11 is 0. The molecule has 1 unspecified atom stereocenters. The van der Waals surface area contributed by atoms with Crippen LogP contribution in [-0.4, -0.2) is 53.9 Å². The van der Waals surface area contributed by atoms with Crippen molar-refractivity contribution in [1.29, 1.82) is 0 Å². The molecule has 0 saturated carbocycles. The number of amides is 2. The Hall–Kier alpha value is -1.30.